The molecule has 1 unspecified atom stereocenters. The number of carbonyl (C=O) groups is 1. The van der Waals surface area contributed by atoms with E-state index in [4.69, 9.17) is 5.73 Å². The van der Waals surface area contributed by atoms with Crippen LogP contribution in [0.15, 0.2) is 12.4 Å². The van der Waals surface area contributed by atoms with Crippen molar-refractivity contribution in [1.82, 2.24) is 19.1 Å². The third kappa shape index (κ3) is 2.98. The molecule has 0 bridgehead atoms. The van der Waals surface area contributed by atoms with Crippen LogP contribution in [0.3, 0.4) is 0 Å². The molecule has 10 heteroatoms. The highest BCUT2D eigenvalue weighted by Gasteiger charge is 2.34. The Morgan fingerprint density at radius 3 is 2.89 bits per heavy atom. The molecule has 0 aromatic carbocycles. The molecule has 0 amide bonds. The molecule has 0 aliphatic carbocycles. The largest absolute Gasteiger partial charge is 0.384 e. The highest BCUT2D eigenvalue weighted by molar-refractivity contribution is 7.88. The van der Waals surface area contributed by atoms with E-state index in [9.17, 15) is 13.2 Å². The van der Waals surface area contributed by atoms with Gasteiger partial charge in [-0.1, -0.05) is 0 Å². The SMILES string of the molecule is Cc1cncc2c1NCCC2C(=O)n1nc2c(c1N)CCN(S(C)(=O)=O)C2. The van der Waals surface area contributed by atoms with Gasteiger partial charge in [0.2, 0.25) is 10.0 Å². The predicted molar refractivity (Wildman–Crippen MR) is 101 cm³/mol. The highest BCUT2D eigenvalue weighted by atomic mass is 32.2. The van der Waals surface area contributed by atoms with Gasteiger partial charge in [0.05, 0.1) is 24.4 Å². The average molecular weight is 390 g/mol. The van der Waals surface area contributed by atoms with Crippen LogP contribution in [0, 0.1) is 6.92 Å². The van der Waals surface area contributed by atoms with E-state index < -0.39 is 10.0 Å². The average Bonchev–Trinajstić information content (AvgIpc) is 2.97. The maximum atomic E-state index is 13.2. The fourth-order valence-electron chi connectivity index (χ4n) is 3.84. The van der Waals surface area contributed by atoms with Crippen LogP contribution in [0.25, 0.3) is 0 Å². The van der Waals surface area contributed by atoms with Gasteiger partial charge in [-0.15, -0.1) is 0 Å². The zero-order valence-electron chi connectivity index (χ0n) is 15.3. The molecule has 4 rings (SSSR count). The lowest BCUT2D eigenvalue weighted by molar-refractivity contribution is 0.0859. The van der Waals surface area contributed by atoms with E-state index in [0.717, 1.165) is 22.4 Å². The molecule has 1 atom stereocenters. The first kappa shape index (κ1) is 17.9. The van der Waals surface area contributed by atoms with E-state index in [1.165, 1.54) is 15.2 Å². The molecular weight excluding hydrogens is 368 g/mol. The second-order valence-electron chi connectivity index (χ2n) is 7.10. The number of aromatic nitrogens is 3. The zero-order chi connectivity index (χ0) is 19.3. The number of hydrogen-bond donors (Lipinski definition) is 2. The Balaban J connectivity index is 1.69. The molecule has 3 N–H and O–H groups in total. The van der Waals surface area contributed by atoms with Crippen molar-refractivity contribution in [2.75, 3.05) is 30.4 Å². The molecular formula is C17H22N6O3S. The number of nitrogens with two attached hydrogens (primary N) is 1. The molecule has 2 aromatic heterocycles. The van der Waals surface area contributed by atoms with Crippen LogP contribution in [-0.2, 0) is 23.0 Å². The summed E-state index contributed by atoms with van der Waals surface area (Å²) in [5, 5.41) is 7.71. The Labute approximate surface area is 157 Å². The van der Waals surface area contributed by atoms with Gasteiger partial charge in [0.1, 0.15) is 5.82 Å². The van der Waals surface area contributed by atoms with Crippen LogP contribution in [0.5, 0.6) is 0 Å². The Morgan fingerprint density at radius 1 is 1.37 bits per heavy atom. The van der Waals surface area contributed by atoms with Crippen molar-refractivity contribution in [3.8, 4) is 0 Å². The van der Waals surface area contributed by atoms with Gasteiger partial charge in [-0.25, -0.2) is 8.42 Å². The Hall–Kier alpha value is -2.46. The molecule has 0 radical (unpaired) electrons. The van der Waals surface area contributed by atoms with Crippen molar-refractivity contribution < 1.29 is 13.2 Å². The number of sulfonamides is 1. The van der Waals surface area contributed by atoms with E-state index in [0.29, 0.717) is 37.4 Å². The van der Waals surface area contributed by atoms with Gasteiger partial charge < -0.3 is 11.1 Å². The van der Waals surface area contributed by atoms with E-state index in [2.05, 4.69) is 15.4 Å². The summed E-state index contributed by atoms with van der Waals surface area (Å²) in [6.45, 7) is 3.11. The number of nitrogen functional groups attached to an aromatic ring is 1. The van der Waals surface area contributed by atoms with E-state index in [-0.39, 0.29) is 18.4 Å². The second kappa shape index (κ2) is 6.31. The Morgan fingerprint density at radius 2 is 2.15 bits per heavy atom. The van der Waals surface area contributed by atoms with Crippen LogP contribution in [0.4, 0.5) is 11.5 Å². The van der Waals surface area contributed by atoms with Crippen LogP contribution < -0.4 is 11.1 Å². The highest BCUT2D eigenvalue weighted by Crippen LogP contribution is 2.35. The molecule has 0 saturated heterocycles. The Bertz CT molecular complexity index is 1030. The summed E-state index contributed by atoms with van der Waals surface area (Å²) < 4.78 is 26.2. The van der Waals surface area contributed by atoms with Crippen LogP contribution in [-0.4, -0.2) is 52.7 Å². The van der Waals surface area contributed by atoms with Crippen molar-refractivity contribution in [1.29, 1.82) is 0 Å². The quantitative estimate of drug-likeness (QED) is 0.774. The molecule has 2 aliphatic rings. The number of anilines is 2. The maximum Gasteiger partial charge on any atom is 0.256 e. The lowest BCUT2D eigenvalue weighted by atomic mass is 9.90. The van der Waals surface area contributed by atoms with Crippen molar-refractivity contribution in [2.45, 2.75) is 32.2 Å². The molecule has 4 heterocycles. The fourth-order valence-corrected chi connectivity index (χ4v) is 4.62. The first-order valence-corrected chi connectivity index (χ1v) is 10.7. The van der Waals surface area contributed by atoms with Gasteiger partial charge in [0.25, 0.3) is 5.91 Å². The zero-order valence-corrected chi connectivity index (χ0v) is 16.1. The normalized spacial score (nSPS) is 19.9. The number of aryl methyl sites for hydroxylation is 1. The van der Waals surface area contributed by atoms with Crippen molar-refractivity contribution >= 4 is 27.4 Å². The molecule has 2 aliphatic heterocycles. The lowest BCUT2D eigenvalue weighted by Crippen LogP contribution is -2.35. The molecule has 0 fully saturated rings. The number of pyridine rings is 1. The summed E-state index contributed by atoms with van der Waals surface area (Å²) in [5.41, 5.74) is 10.3. The summed E-state index contributed by atoms with van der Waals surface area (Å²) in [4.78, 5) is 17.4. The fraction of sp³-hybridized carbons (Fsp3) is 0.471. The topological polar surface area (TPSA) is 123 Å². The summed E-state index contributed by atoms with van der Waals surface area (Å²) in [7, 11) is -3.32. The number of fused-ring (bicyclic) bond motifs is 2. The third-order valence-electron chi connectivity index (χ3n) is 5.29. The lowest BCUT2D eigenvalue weighted by Gasteiger charge is -2.26. The predicted octanol–water partition coefficient (Wildman–Crippen LogP) is 0.726. The van der Waals surface area contributed by atoms with E-state index in [1.54, 1.807) is 12.4 Å². The standard InChI is InChI=1S/C17H22N6O3S/c1-10-7-19-8-13-11(3-5-20-15(10)13)17(24)23-16(18)12-4-6-22(27(2,25)26)9-14(12)21-23/h7-8,11,20H,3-6,9,18H2,1-2H3. The number of hydrogen-bond acceptors (Lipinski definition) is 7. The monoisotopic (exact) mass is 390 g/mol. The number of carbonyl (C=O) groups excluding carboxylic acids is 1. The minimum atomic E-state index is -3.32. The number of nitrogens with one attached hydrogen (secondary N) is 1. The summed E-state index contributed by atoms with van der Waals surface area (Å²) in [6.07, 6.45) is 5.72. The molecule has 27 heavy (non-hydrogen) atoms. The van der Waals surface area contributed by atoms with Crippen molar-refractivity contribution in [2.24, 2.45) is 0 Å². The minimum absolute atomic E-state index is 0.141. The van der Waals surface area contributed by atoms with Crippen LogP contribution in [0.2, 0.25) is 0 Å². The summed E-state index contributed by atoms with van der Waals surface area (Å²) in [6, 6.07) is 0. The van der Waals surface area contributed by atoms with Gasteiger partial charge in [-0.3, -0.25) is 9.78 Å². The van der Waals surface area contributed by atoms with Crippen molar-refractivity contribution in [3.05, 3.63) is 34.8 Å². The number of rotatable bonds is 2. The van der Waals surface area contributed by atoms with Gasteiger partial charge >= 0.3 is 0 Å². The van der Waals surface area contributed by atoms with Gasteiger partial charge in [0, 0.05) is 42.3 Å². The Kier molecular flexibility index (Phi) is 4.19. The maximum absolute atomic E-state index is 13.2. The van der Waals surface area contributed by atoms with Gasteiger partial charge in [0.15, 0.2) is 0 Å². The molecule has 0 saturated carbocycles. The first-order chi connectivity index (χ1) is 12.8. The minimum Gasteiger partial charge on any atom is -0.384 e. The smallest absolute Gasteiger partial charge is 0.256 e. The first-order valence-electron chi connectivity index (χ1n) is 8.81. The molecule has 0 spiro atoms. The molecule has 144 valence electrons. The molecule has 9 nitrogen and oxygen atoms in total. The van der Waals surface area contributed by atoms with Gasteiger partial charge in [-0.2, -0.15) is 14.1 Å². The third-order valence-corrected chi connectivity index (χ3v) is 6.54. The van der Waals surface area contributed by atoms with Gasteiger partial charge in [-0.05, 0) is 25.3 Å². The van der Waals surface area contributed by atoms with Crippen LogP contribution in [0.1, 0.15) is 39.5 Å². The number of nitrogens with zero attached hydrogens (tertiary/aromatic N) is 4. The summed E-state index contributed by atoms with van der Waals surface area (Å²) in [5.74, 6) is -0.282. The second-order valence-corrected chi connectivity index (χ2v) is 9.08. The van der Waals surface area contributed by atoms with Crippen LogP contribution >= 0.6 is 0 Å². The van der Waals surface area contributed by atoms with Crippen molar-refractivity contribution in [3.63, 3.8) is 0 Å². The molecule has 2 aromatic rings. The van der Waals surface area contributed by atoms with E-state index >= 15 is 0 Å². The summed E-state index contributed by atoms with van der Waals surface area (Å²) >= 11 is 0. The van der Waals surface area contributed by atoms with E-state index in [1.807, 2.05) is 6.92 Å².